The van der Waals surface area contributed by atoms with Gasteiger partial charge in [-0.05, 0) is 42.0 Å². The van der Waals surface area contributed by atoms with Gasteiger partial charge in [0.25, 0.3) is 0 Å². The van der Waals surface area contributed by atoms with Gasteiger partial charge in [-0.3, -0.25) is 14.4 Å². The number of halogens is 1. The molecule has 4 aromatic rings. The number of hydrogen-bond acceptors (Lipinski definition) is 6. The van der Waals surface area contributed by atoms with E-state index >= 15 is 4.39 Å². The Balaban J connectivity index is 1.52. The molecule has 176 valence electrons. The standard InChI is InChI=1S/C26H20FN3O4S/c1-34-18-10-8-17(9-11-18)30-15-29-22-14-28-24(26(31)25(22)30)20-12-7-16(13-21(20)27)19-5-3-4-6-23(19)35(2,32)33/h3-15,24H,1-2H3. The second-order valence-electron chi connectivity index (χ2n) is 8.10. The summed E-state index contributed by atoms with van der Waals surface area (Å²) in [6, 6.07) is 16.8. The molecule has 5 rings (SSSR count). The molecule has 0 fully saturated rings. The molecule has 9 heteroatoms. The first-order valence-corrected chi connectivity index (χ1v) is 12.5. The Kier molecular flexibility index (Phi) is 5.56. The topological polar surface area (TPSA) is 90.6 Å². The van der Waals surface area contributed by atoms with E-state index in [1.165, 1.54) is 30.7 Å². The van der Waals surface area contributed by atoms with Crippen LogP contribution in [0.5, 0.6) is 5.75 Å². The first-order chi connectivity index (χ1) is 16.8. The molecule has 1 unspecified atom stereocenters. The van der Waals surface area contributed by atoms with Crippen molar-refractivity contribution in [3.05, 3.63) is 95.8 Å². The molecule has 0 radical (unpaired) electrons. The molecule has 0 amide bonds. The van der Waals surface area contributed by atoms with Crippen molar-refractivity contribution in [2.24, 2.45) is 4.99 Å². The van der Waals surface area contributed by atoms with E-state index in [4.69, 9.17) is 4.74 Å². The van der Waals surface area contributed by atoms with Gasteiger partial charge in [0.1, 0.15) is 35.3 Å². The number of sulfone groups is 1. The Morgan fingerprint density at radius 3 is 2.46 bits per heavy atom. The summed E-state index contributed by atoms with van der Waals surface area (Å²) in [6.07, 6.45) is 4.10. The van der Waals surface area contributed by atoms with Crippen molar-refractivity contribution >= 4 is 21.8 Å². The minimum absolute atomic E-state index is 0.0972. The average molecular weight is 490 g/mol. The number of aromatic nitrogens is 2. The molecule has 0 saturated carbocycles. The maximum atomic E-state index is 15.3. The normalized spacial score (nSPS) is 15.2. The zero-order valence-electron chi connectivity index (χ0n) is 18.8. The van der Waals surface area contributed by atoms with Gasteiger partial charge < -0.3 is 4.74 Å². The third kappa shape index (κ3) is 4.04. The van der Waals surface area contributed by atoms with E-state index in [1.54, 1.807) is 60.2 Å². The molecule has 7 nitrogen and oxygen atoms in total. The summed E-state index contributed by atoms with van der Waals surface area (Å²) in [6.45, 7) is 0. The van der Waals surface area contributed by atoms with Crippen molar-refractivity contribution in [2.75, 3.05) is 13.4 Å². The molecule has 1 aromatic heterocycles. The zero-order valence-corrected chi connectivity index (χ0v) is 19.7. The van der Waals surface area contributed by atoms with Crippen molar-refractivity contribution in [3.8, 4) is 22.6 Å². The zero-order chi connectivity index (χ0) is 24.7. The Hall–Kier alpha value is -4.11. The molecular weight excluding hydrogens is 469 g/mol. The first-order valence-electron chi connectivity index (χ1n) is 10.7. The van der Waals surface area contributed by atoms with Gasteiger partial charge in [0.05, 0.1) is 18.2 Å². The molecule has 0 aliphatic carbocycles. The van der Waals surface area contributed by atoms with Crippen LogP contribution in [0, 0.1) is 5.82 Å². The number of ketones is 1. The lowest BCUT2D eigenvalue weighted by Crippen LogP contribution is -2.21. The second kappa shape index (κ2) is 8.59. The van der Waals surface area contributed by atoms with Crippen LogP contribution in [0.3, 0.4) is 0 Å². The number of carbonyl (C=O) groups excluding carboxylic acids is 1. The maximum absolute atomic E-state index is 15.3. The van der Waals surface area contributed by atoms with Crippen LogP contribution in [0.1, 0.15) is 27.8 Å². The van der Waals surface area contributed by atoms with Crippen molar-refractivity contribution in [3.63, 3.8) is 0 Å². The summed E-state index contributed by atoms with van der Waals surface area (Å²) in [7, 11) is -1.95. The van der Waals surface area contributed by atoms with Gasteiger partial charge in [-0.2, -0.15) is 0 Å². The number of carbonyl (C=O) groups is 1. The Labute approximate surface area is 201 Å². The fourth-order valence-electron chi connectivity index (χ4n) is 4.15. The third-order valence-electron chi connectivity index (χ3n) is 5.87. The number of benzene rings is 3. The number of nitrogens with zero attached hydrogens (tertiary/aromatic N) is 3. The van der Waals surface area contributed by atoms with Crippen LogP contribution in [0.15, 0.2) is 82.9 Å². The fraction of sp³-hybridized carbons (Fsp3) is 0.115. The van der Waals surface area contributed by atoms with E-state index in [0.717, 1.165) is 6.26 Å². The largest absolute Gasteiger partial charge is 0.497 e. The number of hydrogen-bond donors (Lipinski definition) is 0. The molecule has 3 aromatic carbocycles. The van der Waals surface area contributed by atoms with E-state index in [9.17, 15) is 13.2 Å². The number of fused-ring (bicyclic) bond motifs is 1. The molecule has 0 spiro atoms. The lowest BCUT2D eigenvalue weighted by molar-refractivity contribution is 0.0952. The van der Waals surface area contributed by atoms with Gasteiger partial charge >= 0.3 is 0 Å². The lowest BCUT2D eigenvalue weighted by atomic mass is 9.95. The minimum Gasteiger partial charge on any atom is -0.497 e. The Bertz CT molecular complexity index is 1590. The van der Waals surface area contributed by atoms with Crippen molar-refractivity contribution in [1.29, 1.82) is 0 Å². The van der Waals surface area contributed by atoms with Crippen LogP contribution in [0.2, 0.25) is 0 Å². The predicted molar refractivity (Wildman–Crippen MR) is 130 cm³/mol. The van der Waals surface area contributed by atoms with Crippen molar-refractivity contribution in [1.82, 2.24) is 9.55 Å². The number of aliphatic imine (C=N–C) groups is 1. The number of ether oxygens (including phenoxy) is 1. The summed E-state index contributed by atoms with van der Waals surface area (Å²) in [4.78, 5) is 22.1. The maximum Gasteiger partial charge on any atom is 0.210 e. The molecule has 0 bridgehead atoms. The van der Waals surface area contributed by atoms with E-state index in [2.05, 4.69) is 9.98 Å². The number of methoxy groups -OCH3 is 1. The molecule has 0 N–H and O–H groups in total. The molecule has 1 aliphatic heterocycles. The highest BCUT2D eigenvalue weighted by atomic mass is 32.2. The number of rotatable bonds is 5. The van der Waals surface area contributed by atoms with Crippen LogP contribution in [-0.4, -0.2) is 43.3 Å². The average Bonchev–Trinajstić information content (AvgIpc) is 3.29. The SMILES string of the molecule is COc1ccc(-n2cnc3c2C(=O)C(c2ccc(-c4ccccc4S(C)(=O)=O)cc2F)N=C3)cc1. The van der Waals surface area contributed by atoms with Crippen molar-refractivity contribution < 1.29 is 22.3 Å². The molecule has 1 atom stereocenters. The summed E-state index contributed by atoms with van der Waals surface area (Å²) >= 11 is 0. The first kappa shape index (κ1) is 22.7. The van der Waals surface area contributed by atoms with Crippen LogP contribution >= 0.6 is 0 Å². The molecule has 1 aliphatic rings. The highest BCUT2D eigenvalue weighted by molar-refractivity contribution is 7.90. The minimum atomic E-state index is -3.51. The van der Waals surface area contributed by atoms with Crippen LogP contribution in [0.4, 0.5) is 4.39 Å². The van der Waals surface area contributed by atoms with Gasteiger partial charge in [0, 0.05) is 23.1 Å². The summed E-state index contributed by atoms with van der Waals surface area (Å²) < 4.78 is 46.5. The highest BCUT2D eigenvalue weighted by Gasteiger charge is 2.32. The quantitative estimate of drug-likeness (QED) is 0.413. The second-order valence-corrected chi connectivity index (χ2v) is 10.1. The Morgan fingerprint density at radius 2 is 1.77 bits per heavy atom. The number of imidazole rings is 1. The third-order valence-corrected chi connectivity index (χ3v) is 7.02. The summed E-state index contributed by atoms with van der Waals surface area (Å²) in [5.41, 5.74) is 2.29. The van der Waals surface area contributed by atoms with Crippen LogP contribution in [0.25, 0.3) is 16.8 Å². The summed E-state index contributed by atoms with van der Waals surface area (Å²) in [5.74, 6) is -0.368. The van der Waals surface area contributed by atoms with E-state index in [0.29, 0.717) is 34.0 Å². The highest BCUT2D eigenvalue weighted by Crippen LogP contribution is 2.34. The molecule has 0 saturated heterocycles. The van der Waals surface area contributed by atoms with Gasteiger partial charge in [0.2, 0.25) is 5.78 Å². The van der Waals surface area contributed by atoms with Gasteiger partial charge in [-0.1, -0.05) is 30.3 Å². The predicted octanol–water partition coefficient (Wildman–Crippen LogP) is 4.45. The van der Waals surface area contributed by atoms with Gasteiger partial charge in [-0.15, -0.1) is 0 Å². The van der Waals surface area contributed by atoms with Gasteiger partial charge in [-0.25, -0.2) is 17.8 Å². The van der Waals surface area contributed by atoms with E-state index in [-0.39, 0.29) is 16.2 Å². The molecule has 2 heterocycles. The van der Waals surface area contributed by atoms with Gasteiger partial charge in [0.15, 0.2) is 9.84 Å². The smallest absolute Gasteiger partial charge is 0.210 e. The monoisotopic (exact) mass is 489 g/mol. The number of Topliss-reactive ketones (excluding diaryl/α,β-unsaturated/α-hetero) is 1. The fourth-order valence-corrected chi connectivity index (χ4v) is 5.06. The van der Waals surface area contributed by atoms with E-state index in [1.807, 2.05) is 0 Å². The molecule has 35 heavy (non-hydrogen) atoms. The Morgan fingerprint density at radius 1 is 1.03 bits per heavy atom. The molecular formula is C26H20FN3O4S. The van der Waals surface area contributed by atoms with Crippen LogP contribution < -0.4 is 4.74 Å². The van der Waals surface area contributed by atoms with Crippen LogP contribution in [-0.2, 0) is 9.84 Å². The summed E-state index contributed by atoms with van der Waals surface area (Å²) in [5, 5.41) is 0. The van der Waals surface area contributed by atoms with E-state index < -0.39 is 21.7 Å². The lowest BCUT2D eigenvalue weighted by Gasteiger charge is -2.19. The van der Waals surface area contributed by atoms with Crippen molar-refractivity contribution in [2.45, 2.75) is 10.9 Å².